The zero-order chi connectivity index (χ0) is 21.1. The van der Waals surface area contributed by atoms with Crippen LogP contribution in [0.15, 0.2) is 45.6 Å². The highest BCUT2D eigenvalue weighted by atomic mass is 35.5. The Labute approximate surface area is 171 Å². The van der Waals surface area contributed by atoms with Gasteiger partial charge in [0.05, 0.1) is 5.02 Å². The molecule has 1 aromatic heterocycles. The molecule has 3 N–H and O–H groups in total. The lowest BCUT2D eigenvalue weighted by atomic mass is 9.95. The summed E-state index contributed by atoms with van der Waals surface area (Å²) in [5, 5.41) is 2.97. The normalized spacial score (nSPS) is 10.7. The summed E-state index contributed by atoms with van der Waals surface area (Å²) < 4.78 is 10.5. The number of nitrogen functional groups attached to an aromatic ring is 1. The van der Waals surface area contributed by atoms with Crippen molar-refractivity contribution in [3.8, 4) is 5.75 Å². The van der Waals surface area contributed by atoms with Crippen LogP contribution >= 0.6 is 11.6 Å². The van der Waals surface area contributed by atoms with Gasteiger partial charge in [0.1, 0.15) is 11.4 Å². The molecular formula is C21H19ClN2O5. The summed E-state index contributed by atoms with van der Waals surface area (Å²) in [6.07, 6.45) is -0.429. The Kier molecular flexibility index (Phi) is 5.89. The van der Waals surface area contributed by atoms with E-state index in [-0.39, 0.29) is 35.0 Å². The number of hydrogen-bond donors (Lipinski definition) is 2. The quantitative estimate of drug-likeness (QED) is 0.488. The van der Waals surface area contributed by atoms with Gasteiger partial charge in [-0.05, 0) is 36.2 Å². The molecule has 0 bridgehead atoms. The maximum atomic E-state index is 12.7. The number of nitrogens with two attached hydrogens (primary N) is 1. The number of fused-ring (bicyclic) bond motifs is 1. The Morgan fingerprint density at radius 2 is 1.97 bits per heavy atom. The van der Waals surface area contributed by atoms with Crippen LogP contribution in [0.4, 0.5) is 10.5 Å². The molecule has 0 spiro atoms. The van der Waals surface area contributed by atoms with Gasteiger partial charge >= 0.3 is 11.7 Å². The van der Waals surface area contributed by atoms with E-state index < -0.39 is 11.7 Å². The molecule has 7 nitrogen and oxygen atoms in total. The molecule has 0 saturated heterocycles. The van der Waals surface area contributed by atoms with Gasteiger partial charge in [-0.2, -0.15) is 0 Å². The Morgan fingerprint density at radius 3 is 2.62 bits per heavy atom. The highest BCUT2D eigenvalue weighted by Gasteiger charge is 2.19. The van der Waals surface area contributed by atoms with Gasteiger partial charge in [0, 0.05) is 42.6 Å². The number of hydrogen-bond acceptors (Lipinski definition) is 6. The summed E-state index contributed by atoms with van der Waals surface area (Å²) in [7, 11) is 1.41. The van der Waals surface area contributed by atoms with Gasteiger partial charge in [-0.1, -0.05) is 23.7 Å². The highest BCUT2D eigenvalue weighted by molar-refractivity contribution is 6.33. The van der Waals surface area contributed by atoms with Crippen molar-refractivity contribution < 1.29 is 18.7 Å². The van der Waals surface area contributed by atoms with Crippen LogP contribution < -0.4 is 21.4 Å². The van der Waals surface area contributed by atoms with E-state index in [1.807, 2.05) is 6.07 Å². The summed E-state index contributed by atoms with van der Waals surface area (Å²) in [5.41, 5.74) is 7.69. The van der Waals surface area contributed by atoms with Gasteiger partial charge in [0.15, 0.2) is 5.75 Å². The number of halogens is 1. The molecule has 0 saturated carbocycles. The molecule has 29 heavy (non-hydrogen) atoms. The second-order valence-electron chi connectivity index (χ2n) is 6.57. The number of ether oxygens (including phenoxy) is 1. The smallest absolute Gasteiger partial charge is 0.412 e. The molecule has 1 amide bonds. The van der Waals surface area contributed by atoms with Gasteiger partial charge in [0.25, 0.3) is 0 Å². The second-order valence-corrected chi connectivity index (χ2v) is 6.97. The standard InChI is InChI=1S/C21H19ClN2O5/c1-11(25)6-14-15-9-17(22)19(29-21(27)24-2)10-18(15)28-20(26)16(14)8-12-4-3-5-13(23)7-12/h3-5,7,9-10H,6,8,23H2,1-2H3,(H,24,27). The number of ketones is 1. The first-order valence-electron chi connectivity index (χ1n) is 8.80. The van der Waals surface area contributed by atoms with Crippen molar-refractivity contribution in [1.82, 2.24) is 5.32 Å². The predicted molar refractivity (Wildman–Crippen MR) is 111 cm³/mol. The molecule has 3 aromatic rings. The van der Waals surface area contributed by atoms with Crippen LogP contribution in [0.5, 0.6) is 5.75 Å². The number of carbonyl (C=O) groups is 2. The maximum Gasteiger partial charge on any atom is 0.412 e. The van der Waals surface area contributed by atoms with E-state index in [0.717, 1.165) is 5.56 Å². The minimum absolute atomic E-state index is 0.0335. The van der Waals surface area contributed by atoms with Crippen molar-refractivity contribution >= 4 is 40.1 Å². The number of nitrogens with one attached hydrogen (secondary N) is 1. The molecule has 150 valence electrons. The van der Waals surface area contributed by atoms with E-state index in [2.05, 4.69) is 5.32 Å². The lowest BCUT2D eigenvalue weighted by Crippen LogP contribution is -2.22. The van der Waals surface area contributed by atoms with Crippen LogP contribution in [0, 0.1) is 0 Å². The Bertz CT molecular complexity index is 1170. The van der Waals surface area contributed by atoms with E-state index in [0.29, 0.717) is 22.2 Å². The van der Waals surface area contributed by atoms with Crippen LogP contribution in [-0.4, -0.2) is 18.9 Å². The monoisotopic (exact) mass is 414 g/mol. The van der Waals surface area contributed by atoms with Crippen molar-refractivity contribution in [1.29, 1.82) is 0 Å². The fraction of sp³-hybridized carbons (Fsp3) is 0.190. The topological polar surface area (TPSA) is 112 Å². The summed E-state index contributed by atoms with van der Waals surface area (Å²) in [4.78, 5) is 36.1. The molecule has 0 unspecified atom stereocenters. The summed E-state index contributed by atoms with van der Waals surface area (Å²) >= 11 is 6.26. The lowest BCUT2D eigenvalue weighted by molar-refractivity contribution is -0.116. The SMILES string of the molecule is CNC(=O)Oc1cc2oc(=O)c(Cc3cccc(N)c3)c(CC(C)=O)c2cc1Cl. The van der Waals surface area contributed by atoms with Gasteiger partial charge in [-0.25, -0.2) is 9.59 Å². The van der Waals surface area contributed by atoms with Gasteiger partial charge in [-0.15, -0.1) is 0 Å². The minimum Gasteiger partial charge on any atom is -0.422 e. The first-order chi connectivity index (χ1) is 13.8. The third-order valence-corrected chi connectivity index (χ3v) is 4.63. The van der Waals surface area contributed by atoms with Crippen LogP contribution in [0.2, 0.25) is 5.02 Å². The molecule has 1 heterocycles. The Balaban J connectivity index is 2.19. The van der Waals surface area contributed by atoms with E-state index in [1.165, 1.54) is 26.1 Å². The number of anilines is 1. The van der Waals surface area contributed by atoms with Crippen molar-refractivity contribution in [2.45, 2.75) is 19.8 Å². The minimum atomic E-state index is -0.712. The first kappa shape index (κ1) is 20.4. The number of amides is 1. The van der Waals surface area contributed by atoms with Gasteiger partial charge in [0.2, 0.25) is 0 Å². The average molecular weight is 415 g/mol. The molecule has 8 heteroatoms. The molecule has 3 rings (SSSR count). The first-order valence-corrected chi connectivity index (χ1v) is 9.17. The van der Waals surface area contributed by atoms with E-state index in [9.17, 15) is 14.4 Å². The van der Waals surface area contributed by atoms with Crippen molar-refractivity contribution in [2.75, 3.05) is 12.8 Å². The van der Waals surface area contributed by atoms with Gasteiger partial charge in [-0.3, -0.25) is 4.79 Å². The van der Waals surface area contributed by atoms with Crippen LogP contribution in [0.25, 0.3) is 11.0 Å². The molecule has 0 fully saturated rings. The van der Waals surface area contributed by atoms with Crippen molar-refractivity contribution in [2.24, 2.45) is 0 Å². The fourth-order valence-corrected chi connectivity index (χ4v) is 3.27. The molecule has 2 aromatic carbocycles. The Hall–Kier alpha value is -3.32. The number of carbonyl (C=O) groups excluding carboxylic acids is 2. The van der Waals surface area contributed by atoms with Crippen molar-refractivity contribution in [3.63, 3.8) is 0 Å². The number of rotatable bonds is 5. The third kappa shape index (κ3) is 4.57. The summed E-state index contributed by atoms with van der Waals surface area (Å²) in [6, 6.07) is 10.0. The number of Topliss-reactive ketones (excluding diaryl/α,β-unsaturated/α-hetero) is 1. The molecule has 0 aliphatic carbocycles. The zero-order valence-corrected chi connectivity index (χ0v) is 16.6. The fourth-order valence-electron chi connectivity index (χ4n) is 3.07. The summed E-state index contributed by atoms with van der Waals surface area (Å²) in [6.45, 7) is 1.44. The Morgan fingerprint density at radius 1 is 1.21 bits per heavy atom. The van der Waals surface area contributed by atoms with Crippen LogP contribution in [0.1, 0.15) is 23.6 Å². The van der Waals surface area contributed by atoms with E-state index in [4.69, 9.17) is 26.5 Å². The molecule has 0 radical (unpaired) electrons. The predicted octanol–water partition coefficient (Wildman–Crippen LogP) is 3.47. The van der Waals surface area contributed by atoms with Gasteiger partial charge < -0.3 is 20.2 Å². The molecule has 0 aliphatic heterocycles. The maximum absolute atomic E-state index is 12.7. The van der Waals surface area contributed by atoms with Crippen LogP contribution in [-0.2, 0) is 17.6 Å². The largest absolute Gasteiger partial charge is 0.422 e. The molecular weight excluding hydrogens is 396 g/mol. The average Bonchev–Trinajstić information content (AvgIpc) is 2.65. The highest BCUT2D eigenvalue weighted by Crippen LogP contribution is 2.33. The summed E-state index contributed by atoms with van der Waals surface area (Å²) in [5.74, 6) is -0.0773. The number of benzene rings is 2. The third-order valence-electron chi connectivity index (χ3n) is 4.34. The zero-order valence-electron chi connectivity index (χ0n) is 15.9. The van der Waals surface area contributed by atoms with E-state index >= 15 is 0 Å². The molecule has 0 atom stereocenters. The lowest BCUT2D eigenvalue weighted by Gasteiger charge is -2.13. The molecule has 0 aliphatic rings. The van der Waals surface area contributed by atoms with Crippen LogP contribution in [0.3, 0.4) is 0 Å². The second kappa shape index (κ2) is 8.36. The van der Waals surface area contributed by atoms with Crippen molar-refractivity contribution in [3.05, 3.63) is 68.5 Å². The van der Waals surface area contributed by atoms with E-state index in [1.54, 1.807) is 18.2 Å².